The first-order chi connectivity index (χ1) is 13.3. The topological polar surface area (TPSA) is 16.8 Å². The molecule has 0 unspecified atom stereocenters. The van der Waals surface area contributed by atoms with Crippen molar-refractivity contribution in [1.29, 1.82) is 0 Å². The molecule has 0 atom stereocenters. The predicted molar refractivity (Wildman–Crippen MR) is 119 cm³/mol. The number of allylic oxidation sites excluding steroid dienone is 1. The Bertz CT molecular complexity index is 1060. The van der Waals surface area contributed by atoms with Gasteiger partial charge in [0.15, 0.2) is 0 Å². The van der Waals surface area contributed by atoms with E-state index in [1.165, 1.54) is 36.9 Å². The van der Waals surface area contributed by atoms with E-state index in [0.29, 0.717) is 0 Å². The van der Waals surface area contributed by atoms with Crippen molar-refractivity contribution in [2.45, 2.75) is 46.1 Å². The standard InChI is InChI=1S/C23H25N2S2/c1-3-9-17-10-7-13-20-23(17)25(16-4-2)22(27-20)15-8-14-21-24-18-11-5-6-12-19(18)26-21/h5-8,10-13,15H,3-4,9,14,16H2,1-2H3/q+1. The van der Waals surface area contributed by atoms with Gasteiger partial charge in [-0.15, -0.1) is 11.3 Å². The summed E-state index contributed by atoms with van der Waals surface area (Å²) in [5.74, 6) is 0. The quantitative estimate of drug-likeness (QED) is 0.331. The van der Waals surface area contributed by atoms with Gasteiger partial charge in [-0.25, -0.2) is 4.98 Å². The van der Waals surface area contributed by atoms with Crippen molar-refractivity contribution in [1.82, 2.24) is 4.98 Å². The number of fused-ring (bicyclic) bond motifs is 2. The first kappa shape index (κ1) is 18.3. The van der Waals surface area contributed by atoms with Gasteiger partial charge in [0.1, 0.15) is 11.2 Å². The number of rotatable bonds is 7. The van der Waals surface area contributed by atoms with Crippen LogP contribution in [-0.4, -0.2) is 4.98 Å². The zero-order chi connectivity index (χ0) is 18.6. The molecule has 0 radical (unpaired) electrons. The summed E-state index contributed by atoms with van der Waals surface area (Å²) in [5.41, 5.74) is 4.02. The van der Waals surface area contributed by atoms with E-state index in [4.69, 9.17) is 4.98 Å². The number of hydrogen-bond acceptors (Lipinski definition) is 3. The minimum absolute atomic E-state index is 0.890. The fourth-order valence-electron chi connectivity index (χ4n) is 3.54. The lowest BCUT2D eigenvalue weighted by atomic mass is 10.1. The Labute approximate surface area is 168 Å². The van der Waals surface area contributed by atoms with Gasteiger partial charge in [-0.3, -0.25) is 0 Å². The van der Waals surface area contributed by atoms with Crippen LogP contribution in [0.25, 0.3) is 26.5 Å². The Balaban J connectivity index is 1.65. The Hall–Kier alpha value is -2.04. The van der Waals surface area contributed by atoms with Gasteiger partial charge in [0.25, 0.3) is 5.01 Å². The van der Waals surface area contributed by atoms with Crippen LogP contribution < -0.4 is 4.57 Å². The van der Waals surface area contributed by atoms with Crippen molar-refractivity contribution in [2.75, 3.05) is 0 Å². The molecule has 0 aliphatic carbocycles. The summed E-state index contributed by atoms with van der Waals surface area (Å²) in [5, 5.41) is 2.53. The number of para-hydroxylation sites is 2. The highest BCUT2D eigenvalue weighted by Crippen LogP contribution is 2.26. The molecule has 0 amide bonds. The van der Waals surface area contributed by atoms with Crippen molar-refractivity contribution >= 4 is 49.2 Å². The minimum Gasteiger partial charge on any atom is -0.241 e. The van der Waals surface area contributed by atoms with E-state index in [2.05, 4.69) is 73.0 Å². The van der Waals surface area contributed by atoms with Crippen LogP contribution in [0.2, 0.25) is 0 Å². The van der Waals surface area contributed by atoms with E-state index in [-0.39, 0.29) is 0 Å². The highest BCUT2D eigenvalue weighted by Gasteiger charge is 2.20. The van der Waals surface area contributed by atoms with Crippen molar-refractivity contribution < 1.29 is 4.57 Å². The Morgan fingerprint density at radius 1 is 0.963 bits per heavy atom. The minimum atomic E-state index is 0.890. The second-order valence-corrected chi connectivity index (χ2v) is 8.97. The number of aryl methyl sites for hydroxylation is 2. The summed E-state index contributed by atoms with van der Waals surface area (Å²) >= 11 is 3.70. The molecule has 0 bridgehead atoms. The van der Waals surface area contributed by atoms with Crippen LogP contribution in [0.5, 0.6) is 0 Å². The second-order valence-electron chi connectivity index (χ2n) is 6.79. The van der Waals surface area contributed by atoms with Crippen LogP contribution in [0.4, 0.5) is 0 Å². The van der Waals surface area contributed by atoms with Gasteiger partial charge in [-0.2, -0.15) is 4.57 Å². The third-order valence-corrected chi connectivity index (χ3v) is 6.86. The van der Waals surface area contributed by atoms with Gasteiger partial charge in [-0.1, -0.05) is 61.9 Å². The zero-order valence-electron chi connectivity index (χ0n) is 15.9. The van der Waals surface area contributed by atoms with Crippen LogP contribution in [0.1, 0.15) is 42.3 Å². The summed E-state index contributed by atoms with van der Waals surface area (Å²) in [4.78, 5) is 4.75. The molecular weight excluding hydrogens is 368 g/mol. The second kappa shape index (κ2) is 8.32. The monoisotopic (exact) mass is 393 g/mol. The molecule has 0 spiro atoms. The van der Waals surface area contributed by atoms with Crippen LogP contribution >= 0.6 is 22.7 Å². The van der Waals surface area contributed by atoms with E-state index in [1.807, 2.05) is 11.3 Å². The molecule has 0 saturated carbocycles. The normalized spacial score (nSPS) is 11.9. The number of thiazole rings is 2. The fraction of sp³-hybridized carbons (Fsp3) is 0.304. The molecule has 2 nitrogen and oxygen atoms in total. The van der Waals surface area contributed by atoms with Crippen LogP contribution in [-0.2, 0) is 19.4 Å². The zero-order valence-corrected chi connectivity index (χ0v) is 17.6. The first-order valence-electron chi connectivity index (χ1n) is 9.75. The third-order valence-electron chi connectivity index (χ3n) is 4.69. The summed E-state index contributed by atoms with van der Waals surface area (Å²) in [6.07, 6.45) is 8.93. The van der Waals surface area contributed by atoms with E-state index >= 15 is 0 Å². The fourth-order valence-corrected chi connectivity index (χ4v) is 5.65. The molecule has 0 fully saturated rings. The van der Waals surface area contributed by atoms with Gasteiger partial charge < -0.3 is 0 Å². The Morgan fingerprint density at radius 2 is 1.81 bits per heavy atom. The third kappa shape index (κ3) is 3.83. The molecule has 4 aromatic rings. The summed E-state index contributed by atoms with van der Waals surface area (Å²) in [6.45, 7) is 5.59. The molecular formula is C23H25N2S2+. The van der Waals surface area contributed by atoms with Gasteiger partial charge in [-0.05, 0) is 24.6 Å². The van der Waals surface area contributed by atoms with Crippen LogP contribution in [0, 0.1) is 0 Å². The maximum Gasteiger partial charge on any atom is 0.262 e. The Morgan fingerprint density at radius 3 is 2.63 bits per heavy atom. The average Bonchev–Trinajstić information content (AvgIpc) is 3.24. The summed E-state index contributed by atoms with van der Waals surface area (Å²) in [6, 6.07) is 15.1. The number of nitrogens with zero attached hydrogens (tertiary/aromatic N) is 2. The van der Waals surface area contributed by atoms with E-state index in [1.54, 1.807) is 11.3 Å². The van der Waals surface area contributed by atoms with E-state index < -0.39 is 0 Å². The highest BCUT2D eigenvalue weighted by atomic mass is 32.1. The van der Waals surface area contributed by atoms with E-state index in [0.717, 1.165) is 31.3 Å². The van der Waals surface area contributed by atoms with Crippen molar-refractivity contribution in [3.8, 4) is 0 Å². The molecule has 2 aromatic carbocycles. The van der Waals surface area contributed by atoms with Gasteiger partial charge in [0, 0.05) is 24.5 Å². The lowest BCUT2D eigenvalue weighted by Gasteiger charge is -2.00. The molecule has 0 aliphatic rings. The van der Waals surface area contributed by atoms with Crippen LogP contribution in [0.3, 0.4) is 0 Å². The molecule has 0 saturated heterocycles. The van der Waals surface area contributed by atoms with E-state index in [9.17, 15) is 0 Å². The summed E-state index contributed by atoms with van der Waals surface area (Å²) in [7, 11) is 0. The number of benzene rings is 2. The average molecular weight is 394 g/mol. The Kier molecular flexibility index (Phi) is 5.65. The molecule has 2 heterocycles. The van der Waals surface area contributed by atoms with Crippen molar-refractivity contribution in [3.63, 3.8) is 0 Å². The largest absolute Gasteiger partial charge is 0.262 e. The number of aromatic nitrogens is 2. The van der Waals surface area contributed by atoms with Crippen LogP contribution in [0.15, 0.2) is 48.5 Å². The van der Waals surface area contributed by atoms with Gasteiger partial charge in [0.2, 0.25) is 5.52 Å². The molecule has 27 heavy (non-hydrogen) atoms. The maximum atomic E-state index is 4.75. The van der Waals surface area contributed by atoms with Gasteiger partial charge >= 0.3 is 0 Å². The smallest absolute Gasteiger partial charge is 0.241 e. The highest BCUT2D eigenvalue weighted by molar-refractivity contribution is 7.19. The molecule has 0 N–H and O–H groups in total. The lowest BCUT2D eigenvalue weighted by Crippen LogP contribution is -2.35. The molecule has 4 rings (SSSR count). The molecule has 138 valence electrons. The predicted octanol–water partition coefficient (Wildman–Crippen LogP) is 6.42. The summed E-state index contributed by atoms with van der Waals surface area (Å²) < 4.78 is 5.18. The molecule has 2 aromatic heterocycles. The van der Waals surface area contributed by atoms with Gasteiger partial charge in [0.05, 0.1) is 15.2 Å². The lowest BCUT2D eigenvalue weighted by molar-refractivity contribution is -0.669. The molecule has 4 heteroatoms. The van der Waals surface area contributed by atoms with Crippen molar-refractivity contribution in [2.24, 2.45) is 0 Å². The van der Waals surface area contributed by atoms with Crippen molar-refractivity contribution in [3.05, 3.63) is 64.1 Å². The first-order valence-corrected chi connectivity index (χ1v) is 11.4. The number of hydrogen-bond donors (Lipinski definition) is 0. The molecule has 0 aliphatic heterocycles. The maximum absolute atomic E-state index is 4.75. The SMILES string of the molecule is CCCc1cccc2sc(C=CCc3nc4ccccc4s3)[n+](CCC)c12.